The number of benzene rings is 1. The summed E-state index contributed by atoms with van der Waals surface area (Å²) in [4.78, 5) is 16.2. The smallest absolute Gasteiger partial charge is 0.192 e. The Kier molecular flexibility index (Phi) is 4.72. The topological polar surface area (TPSA) is 87.3 Å². The van der Waals surface area contributed by atoms with Gasteiger partial charge in [-0.05, 0) is 56.5 Å². The van der Waals surface area contributed by atoms with E-state index in [1.54, 1.807) is 13.0 Å². The maximum Gasteiger partial charge on any atom is 0.192 e. The third-order valence-electron chi connectivity index (χ3n) is 6.87. The van der Waals surface area contributed by atoms with Crippen molar-refractivity contribution >= 4 is 28.0 Å². The molecule has 3 aromatic heterocycles. The molecule has 1 atom stereocenters. The van der Waals surface area contributed by atoms with Gasteiger partial charge in [0.05, 0.1) is 16.7 Å². The standard InChI is InChI=1S/C25H26FN5O2/c1-13-24-22(33-14(2)27-24)11-18(25(13)32)19-3-4-21-20(29-19)5-6-23(30-21)31-8-7-16(12-31)28-17-9-15(26)10-17/h3-6,11,15-17,28,32H,7-10,12H2,1-2H3/t15-,16-,17+/m0/s1. The molecule has 1 saturated heterocycles. The first-order valence-electron chi connectivity index (χ1n) is 11.5. The van der Waals surface area contributed by atoms with E-state index in [1.165, 1.54) is 0 Å². The van der Waals surface area contributed by atoms with Crippen LogP contribution < -0.4 is 10.2 Å². The number of aromatic hydroxyl groups is 1. The largest absolute Gasteiger partial charge is 0.507 e. The Morgan fingerprint density at radius 1 is 1.06 bits per heavy atom. The molecule has 2 aliphatic rings. The van der Waals surface area contributed by atoms with Crippen molar-refractivity contribution in [3.63, 3.8) is 0 Å². The number of hydrogen-bond donors (Lipinski definition) is 2. The number of nitrogens with one attached hydrogen (secondary N) is 1. The molecule has 2 fully saturated rings. The van der Waals surface area contributed by atoms with Crippen molar-refractivity contribution in [3.8, 4) is 17.0 Å². The lowest BCUT2D eigenvalue weighted by atomic mass is 9.90. The lowest BCUT2D eigenvalue weighted by Crippen LogP contribution is -2.48. The normalized spacial score (nSPS) is 22.9. The van der Waals surface area contributed by atoms with Crippen LogP contribution in [0.3, 0.4) is 0 Å². The number of pyridine rings is 2. The SMILES string of the molecule is Cc1nc2c(C)c(O)c(-c3ccc4nc(N5CC[C@H](N[C@H]6C[C@@H](F)C6)C5)ccc4n3)cc2o1. The number of oxazole rings is 1. The second kappa shape index (κ2) is 7.66. The van der Waals surface area contributed by atoms with Crippen molar-refractivity contribution in [2.75, 3.05) is 18.0 Å². The molecule has 170 valence electrons. The van der Waals surface area contributed by atoms with Crippen LogP contribution in [0.2, 0.25) is 0 Å². The number of anilines is 1. The van der Waals surface area contributed by atoms with Gasteiger partial charge in [0.2, 0.25) is 0 Å². The Bertz CT molecular complexity index is 1360. The number of hydrogen-bond acceptors (Lipinski definition) is 7. The van der Waals surface area contributed by atoms with Gasteiger partial charge in [0.15, 0.2) is 11.5 Å². The number of nitrogens with zero attached hydrogens (tertiary/aromatic N) is 4. The first-order valence-corrected chi connectivity index (χ1v) is 11.5. The molecule has 8 heteroatoms. The minimum Gasteiger partial charge on any atom is -0.507 e. The first kappa shape index (κ1) is 20.4. The van der Waals surface area contributed by atoms with Crippen LogP contribution in [-0.4, -0.2) is 51.4 Å². The van der Waals surface area contributed by atoms with Crippen LogP contribution in [-0.2, 0) is 0 Å². The van der Waals surface area contributed by atoms with Gasteiger partial charge in [-0.25, -0.2) is 19.3 Å². The minimum atomic E-state index is -0.632. The van der Waals surface area contributed by atoms with Crippen LogP contribution >= 0.6 is 0 Å². The van der Waals surface area contributed by atoms with Crippen LogP contribution in [0.4, 0.5) is 10.2 Å². The molecule has 0 spiro atoms. The highest BCUT2D eigenvalue weighted by molar-refractivity contribution is 5.89. The second-order valence-corrected chi connectivity index (χ2v) is 9.25. The van der Waals surface area contributed by atoms with E-state index >= 15 is 0 Å². The Balaban J connectivity index is 1.26. The molecule has 7 nitrogen and oxygen atoms in total. The maximum atomic E-state index is 13.1. The summed E-state index contributed by atoms with van der Waals surface area (Å²) in [7, 11) is 0. The van der Waals surface area contributed by atoms with Crippen molar-refractivity contribution in [1.29, 1.82) is 0 Å². The monoisotopic (exact) mass is 447 g/mol. The number of phenols is 1. The second-order valence-electron chi connectivity index (χ2n) is 9.25. The van der Waals surface area contributed by atoms with Gasteiger partial charge in [-0.3, -0.25) is 0 Å². The minimum absolute atomic E-state index is 0.161. The molecule has 2 N–H and O–H groups in total. The summed E-state index contributed by atoms with van der Waals surface area (Å²) in [5.41, 5.74) is 4.82. The predicted octanol–water partition coefficient (Wildman–Crippen LogP) is 4.43. The van der Waals surface area contributed by atoms with Crippen LogP contribution in [0.1, 0.15) is 30.7 Å². The highest BCUT2D eigenvalue weighted by atomic mass is 19.1. The number of alkyl halides is 1. The van der Waals surface area contributed by atoms with Gasteiger partial charge in [-0.2, -0.15) is 0 Å². The van der Waals surface area contributed by atoms with E-state index in [4.69, 9.17) is 14.4 Å². The zero-order valence-electron chi connectivity index (χ0n) is 18.7. The highest BCUT2D eigenvalue weighted by Crippen LogP contribution is 2.37. The molecule has 4 heterocycles. The number of phenolic OH excluding ortho intramolecular Hbond substituents is 1. The lowest BCUT2D eigenvalue weighted by molar-refractivity contribution is 0.148. The van der Waals surface area contributed by atoms with Crippen molar-refractivity contribution < 1.29 is 13.9 Å². The Hall–Kier alpha value is -3.26. The lowest BCUT2D eigenvalue weighted by Gasteiger charge is -2.33. The molecule has 0 bridgehead atoms. The number of aromatic nitrogens is 3. The van der Waals surface area contributed by atoms with Gasteiger partial charge in [-0.1, -0.05) is 0 Å². The van der Waals surface area contributed by atoms with Crippen LogP contribution in [0, 0.1) is 13.8 Å². The highest BCUT2D eigenvalue weighted by Gasteiger charge is 2.33. The quantitative estimate of drug-likeness (QED) is 0.479. The molecule has 0 radical (unpaired) electrons. The van der Waals surface area contributed by atoms with E-state index in [9.17, 15) is 9.50 Å². The number of halogens is 1. The molecule has 6 rings (SSSR count). The van der Waals surface area contributed by atoms with Crippen LogP contribution in [0.25, 0.3) is 33.4 Å². The summed E-state index contributed by atoms with van der Waals surface area (Å²) < 4.78 is 18.8. The van der Waals surface area contributed by atoms with E-state index in [0.29, 0.717) is 58.7 Å². The summed E-state index contributed by atoms with van der Waals surface area (Å²) in [6, 6.07) is 10.3. The zero-order chi connectivity index (χ0) is 22.7. The summed E-state index contributed by atoms with van der Waals surface area (Å²) in [6.45, 7) is 5.43. The molecule has 1 aliphatic carbocycles. The van der Waals surface area contributed by atoms with Crippen molar-refractivity contribution in [1.82, 2.24) is 20.3 Å². The van der Waals surface area contributed by atoms with Gasteiger partial charge >= 0.3 is 0 Å². The van der Waals surface area contributed by atoms with Gasteiger partial charge in [0.25, 0.3) is 0 Å². The molecule has 33 heavy (non-hydrogen) atoms. The molecule has 0 amide bonds. The van der Waals surface area contributed by atoms with Gasteiger partial charge < -0.3 is 19.7 Å². The fourth-order valence-corrected chi connectivity index (χ4v) is 4.97. The van der Waals surface area contributed by atoms with Gasteiger partial charge in [-0.15, -0.1) is 0 Å². The fourth-order valence-electron chi connectivity index (χ4n) is 4.97. The van der Waals surface area contributed by atoms with Crippen molar-refractivity contribution in [2.45, 2.75) is 51.4 Å². The third kappa shape index (κ3) is 3.58. The average molecular weight is 448 g/mol. The molecular weight excluding hydrogens is 421 g/mol. The van der Waals surface area contributed by atoms with Crippen LogP contribution in [0.5, 0.6) is 5.75 Å². The Morgan fingerprint density at radius 2 is 1.85 bits per heavy atom. The van der Waals surface area contributed by atoms with Gasteiger partial charge in [0.1, 0.15) is 23.3 Å². The van der Waals surface area contributed by atoms with Gasteiger partial charge in [0, 0.05) is 43.2 Å². The van der Waals surface area contributed by atoms with E-state index in [1.807, 2.05) is 31.2 Å². The molecule has 1 saturated carbocycles. The number of fused-ring (bicyclic) bond motifs is 2. The summed E-state index contributed by atoms with van der Waals surface area (Å²) in [6.07, 6.45) is 1.67. The first-order chi connectivity index (χ1) is 15.9. The number of aryl methyl sites for hydroxylation is 2. The summed E-state index contributed by atoms with van der Waals surface area (Å²) in [5.74, 6) is 1.65. The van der Waals surface area contributed by atoms with E-state index in [2.05, 4.69) is 15.2 Å². The van der Waals surface area contributed by atoms with Crippen molar-refractivity contribution in [3.05, 3.63) is 41.8 Å². The Morgan fingerprint density at radius 3 is 2.67 bits per heavy atom. The van der Waals surface area contributed by atoms with E-state index in [-0.39, 0.29) is 5.75 Å². The molecule has 0 unspecified atom stereocenters. The predicted molar refractivity (Wildman–Crippen MR) is 125 cm³/mol. The summed E-state index contributed by atoms with van der Waals surface area (Å²) in [5, 5.41) is 14.3. The third-order valence-corrected chi connectivity index (χ3v) is 6.87. The number of rotatable bonds is 4. The molecule has 1 aliphatic heterocycles. The zero-order valence-corrected chi connectivity index (χ0v) is 18.7. The fraction of sp³-hybridized carbons (Fsp3) is 0.400. The molecule has 1 aromatic carbocycles. The average Bonchev–Trinajstić information content (AvgIpc) is 3.41. The summed E-state index contributed by atoms with van der Waals surface area (Å²) >= 11 is 0. The Labute approximate surface area is 190 Å². The van der Waals surface area contributed by atoms with E-state index in [0.717, 1.165) is 36.4 Å². The maximum absolute atomic E-state index is 13.1. The molecular formula is C25H26FN5O2. The molecule has 4 aromatic rings. The van der Waals surface area contributed by atoms with E-state index < -0.39 is 6.17 Å². The van der Waals surface area contributed by atoms with Crippen LogP contribution in [0.15, 0.2) is 34.7 Å². The van der Waals surface area contributed by atoms with Crippen molar-refractivity contribution in [2.24, 2.45) is 0 Å².